The molecule has 7 heteroatoms. The molecule has 0 bridgehead atoms. The summed E-state index contributed by atoms with van der Waals surface area (Å²) in [4.78, 5) is 14.8. The fourth-order valence-corrected chi connectivity index (χ4v) is 2.70. The van der Waals surface area contributed by atoms with Crippen molar-refractivity contribution in [3.63, 3.8) is 0 Å². The van der Waals surface area contributed by atoms with Crippen LogP contribution in [0.25, 0.3) is 11.2 Å². The summed E-state index contributed by atoms with van der Waals surface area (Å²) in [5, 5.41) is 10.1. The highest BCUT2D eigenvalue weighted by Gasteiger charge is 2.34. The third-order valence-corrected chi connectivity index (χ3v) is 3.75. The molecular weight excluding hydrogens is 244 g/mol. The zero-order valence-corrected chi connectivity index (χ0v) is 11.1. The molecule has 0 radical (unpaired) electrons. The molecule has 102 valence electrons. The fraction of sp³-hybridized carbons (Fsp3) is 0.583. The summed E-state index contributed by atoms with van der Waals surface area (Å²) in [5.74, 6) is 0.778. The summed E-state index contributed by atoms with van der Waals surface area (Å²) in [5.41, 5.74) is 7.37. The maximum absolute atomic E-state index is 10.1. The highest BCUT2D eigenvalue weighted by Crippen LogP contribution is 2.32. The lowest BCUT2D eigenvalue weighted by molar-refractivity contribution is 0.123. The largest absolute Gasteiger partial charge is 0.389 e. The zero-order valence-electron chi connectivity index (χ0n) is 11.1. The van der Waals surface area contributed by atoms with Crippen LogP contribution in [-0.2, 0) is 0 Å². The maximum Gasteiger partial charge on any atom is 0.165 e. The standard InChI is InChI=1S/C12H18N6O/c1-17(2)11-9-12(15-5-14-11)18(6-16-9)8-4-3-7(13)10(8)19/h5-8,10,19H,3-4,13H2,1-2H3/t7-,8-,10-/m1/s1. The average Bonchev–Trinajstić information content (AvgIpc) is 2.94. The molecule has 1 fully saturated rings. The van der Waals surface area contributed by atoms with E-state index in [-0.39, 0.29) is 12.1 Å². The normalized spacial score (nSPS) is 27.1. The van der Waals surface area contributed by atoms with Crippen LogP contribution in [0.15, 0.2) is 12.7 Å². The van der Waals surface area contributed by atoms with Gasteiger partial charge in [-0.25, -0.2) is 15.0 Å². The van der Waals surface area contributed by atoms with Crippen molar-refractivity contribution >= 4 is 17.0 Å². The average molecular weight is 262 g/mol. The second-order valence-electron chi connectivity index (χ2n) is 5.21. The van der Waals surface area contributed by atoms with Crippen molar-refractivity contribution in [1.82, 2.24) is 19.5 Å². The van der Waals surface area contributed by atoms with Crippen LogP contribution in [0, 0.1) is 0 Å². The van der Waals surface area contributed by atoms with Crippen molar-refractivity contribution in [2.24, 2.45) is 5.73 Å². The Hall–Kier alpha value is -1.73. The fourth-order valence-electron chi connectivity index (χ4n) is 2.70. The van der Waals surface area contributed by atoms with Crippen molar-refractivity contribution in [3.05, 3.63) is 12.7 Å². The molecule has 2 aromatic heterocycles. The lowest BCUT2D eigenvalue weighted by Gasteiger charge is -2.19. The van der Waals surface area contributed by atoms with Gasteiger partial charge < -0.3 is 20.3 Å². The summed E-state index contributed by atoms with van der Waals surface area (Å²) in [7, 11) is 3.84. The first kappa shape index (κ1) is 12.3. The number of anilines is 1. The van der Waals surface area contributed by atoms with Crippen molar-refractivity contribution in [2.45, 2.75) is 31.0 Å². The van der Waals surface area contributed by atoms with Gasteiger partial charge in [-0.1, -0.05) is 0 Å². The van der Waals surface area contributed by atoms with Gasteiger partial charge in [0.05, 0.1) is 18.5 Å². The smallest absolute Gasteiger partial charge is 0.165 e. The second kappa shape index (κ2) is 4.43. The van der Waals surface area contributed by atoms with Gasteiger partial charge in [0.25, 0.3) is 0 Å². The van der Waals surface area contributed by atoms with Crippen LogP contribution in [0.4, 0.5) is 5.82 Å². The first-order valence-corrected chi connectivity index (χ1v) is 6.38. The molecule has 19 heavy (non-hydrogen) atoms. The Balaban J connectivity index is 2.09. The van der Waals surface area contributed by atoms with Gasteiger partial charge in [-0.2, -0.15) is 0 Å². The van der Waals surface area contributed by atoms with Crippen LogP contribution in [0.1, 0.15) is 18.9 Å². The predicted octanol–water partition coefficient (Wildman–Crippen LogP) is -0.0846. The van der Waals surface area contributed by atoms with E-state index in [1.54, 1.807) is 6.33 Å². The Labute approximate surface area is 111 Å². The molecule has 3 rings (SSSR count). The van der Waals surface area contributed by atoms with Crippen LogP contribution in [-0.4, -0.2) is 50.9 Å². The lowest BCUT2D eigenvalue weighted by atomic mass is 10.2. The molecule has 0 aliphatic heterocycles. The summed E-state index contributed by atoms with van der Waals surface area (Å²) >= 11 is 0. The van der Waals surface area contributed by atoms with Gasteiger partial charge in [0.1, 0.15) is 6.33 Å². The molecule has 0 amide bonds. The summed E-state index contributed by atoms with van der Waals surface area (Å²) in [6, 6.07) is -0.220. The van der Waals surface area contributed by atoms with Crippen molar-refractivity contribution < 1.29 is 5.11 Å². The summed E-state index contributed by atoms with van der Waals surface area (Å²) < 4.78 is 1.92. The van der Waals surface area contributed by atoms with E-state index in [2.05, 4.69) is 15.0 Å². The molecule has 0 saturated heterocycles. The number of rotatable bonds is 2. The van der Waals surface area contributed by atoms with Gasteiger partial charge >= 0.3 is 0 Å². The molecule has 0 aromatic carbocycles. The number of aliphatic hydroxyl groups is 1. The Morgan fingerprint density at radius 1 is 1.32 bits per heavy atom. The molecule has 3 atom stereocenters. The number of hydrogen-bond donors (Lipinski definition) is 2. The Morgan fingerprint density at radius 3 is 2.74 bits per heavy atom. The van der Waals surface area contributed by atoms with Gasteiger partial charge in [0, 0.05) is 20.1 Å². The lowest BCUT2D eigenvalue weighted by Crippen LogP contribution is -2.33. The molecule has 0 unspecified atom stereocenters. The van der Waals surface area contributed by atoms with E-state index < -0.39 is 6.10 Å². The third-order valence-electron chi connectivity index (χ3n) is 3.75. The first-order valence-electron chi connectivity index (χ1n) is 6.38. The van der Waals surface area contributed by atoms with Crippen LogP contribution in [0.3, 0.4) is 0 Å². The minimum absolute atomic E-state index is 0.0510. The van der Waals surface area contributed by atoms with Crippen molar-refractivity contribution in [3.8, 4) is 0 Å². The Kier molecular flexibility index (Phi) is 2.87. The summed E-state index contributed by atoms with van der Waals surface area (Å²) in [6.07, 6.45) is 4.36. The Bertz CT molecular complexity index is 595. The molecule has 2 heterocycles. The Morgan fingerprint density at radius 2 is 2.11 bits per heavy atom. The number of nitrogens with zero attached hydrogens (tertiary/aromatic N) is 5. The molecule has 0 spiro atoms. The first-order chi connectivity index (χ1) is 9.09. The van der Waals surface area contributed by atoms with Crippen LogP contribution >= 0.6 is 0 Å². The SMILES string of the molecule is CN(C)c1ncnc2c1ncn2[C@@H]1CC[C@@H](N)[C@H]1O. The molecule has 1 saturated carbocycles. The van der Waals surface area contributed by atoms with Crippen LogP contribution in [0.5, 0.6) is 0 Å². The minimum atomic E-state index is -0.546. The van der Waals surface area contributed by atoms with Gasteiger partial charge in [0.2, 0.25) is 0 Å². The third kappa shape index (κ3) is 1.85. The van der Waals surface area contributed by atoms with Crippen LogP contribution in [0.2, 0.25) is 0 Å². The molecular formula is C12H18N6O. The van der Waals surface area contributed by atoms with Crippen molar-refractivity contribution in [2.75, 3.05) is 19.0 Å². The zero-order chi connectivity index (χ0) is 13.6. The second-order valence-corrected chi connectivity index (χ2v) is 5.21. The van der Waals surface area contributed by atoms with Gasteiger partial charge in [-0.15, -0.1) is 0 Å². The van der Waals surface area contributed by atoms with E-state index in [0.717, 1.165) is 29.8 Å². The van der Waals surface area contributed by atoms with E-state index in [1.165, 1.54) is 6.33 Å². The summed E-state index contributed by atoms with van der Waals surface area (Å²) in [6.45, 7) is 0. The van der Waals surface area contributed by atoms with E-state index in [9.17, 15) is 5.11 Å². The number of aliphatic hydroxyl groups excluding tert-OH is 1. The molecule has 1 aliphatic carbocycles. The number of imidazole rings is 1. The molecule has 3 N–H and O–H groups in total. The van der Waals surface area contributed by atoms with E-state index in [1.807, 2.05) is 23.6 Å². The number of nitrogens with two attached hydrogens (primary N) is 1. The monoisotopic (exact) mass is 262 g/mol. The van der Waals surface area contributed by atoms with E-state index in [0.29, 0.717) is 0 Å². The predicted molar refractivity (Wildman–Crippen MR) is 71.9 cm³/mol. The molecule has 7 nitrogen and oxygen atoms in total. The quantitative estimate of drug-likeness (QED) is 0.786. The highest BCUT2D eigenvalue weighted by molar-refractivity contribution is 5.83. The number of hydrogen-bond acceptors (Lipinski definition) is 6. The minimum Gasteiger partial charge on any atom is -0.389 e. The molecule has 2 aromatic rings. The number of fused-ring (bicyclic) bond motifs is 1. The topological polar surface area (TPSA) is 93.1 Å². The number of aromatic nitrogens is 4. The highest BCUT2D eigenvalue weighted by atomic mass is 16.3. The maximum atomic E-state index is 10.1. The van der Waals surface area contributed by atoms with Gasteiger partial charge in [0.15, 0.2) is 17.0 Å². The van der Waals surface area contributed by atoms with E-state index >= 15 is 0 Å². The van der Waals surface area contributed by atoms with E-state index in [4.69, 9.17) is 5.73 Å². The van der Waals surface area contributed by atoms with Gasteiger partial charge in [-0.3, -0.25) is 0 Å². The van der Waals surface area contributed by atoms with Crippen LogP contribution < -0.4 is 10.6 Å². The molecule has 1 aliphatic rings. The van der Waals surface area contributed by atoms with Crippen molar-refractivity contribution in [1.29, 1.82) is 0 Å². The van der Waals surface area contributed by atoms with Gasteiger partial charge in [-0.05, 0) is 12.8 Å².